The number of aromatic nitrogens is 3. The van der Waals surface area contributed by atoms with Gasteiger partial charge in [0.15, 0.2) is 0 Å². The normalized spacial score (nSPS) is 12.5. The molecular weight excluding hydrogens is 514 g/mol. The van der Waals surface area contributed by atoms with Crippen LogP contribution in [0.1, 0.15) is 62.8 Å². The van der Waals surface area contributed by atoms with E-state index >= 15 is 0 Å². The Bertz CT molecular complexity index is 1460. The third-order valence-corrected chi connectivity index (χ3v) is 7.40. The van der Waals surface area contributed by atoms with Gasteiger partial charge in [-0.15, -0.1) is 0 Å². The summed E-state index contributed by atoms with van der Waals surface area (Å²) in [6.07, 6.45) is 2.64. The van der Waals surface area contributed by atoms with Gasteiger partial charge in [-0.3, -0.25) is 4.79 Å². The second-order valence-corrected chi connectivity index (χ2v) is 10.1. The van der Waals surface area contributed by atoms with E-state index in [0.29, 0.717) is 16.7 Å². The molecule has 6 nitrogen and oxygen atoms in total. The Morgan fingerprint density at radius 1 is 1.06 bits per heavy atom. The van der Waals surface area contributed by atoms with Crippen LogP contribution in [0.4, 0.5) is 5.69 Å². The second kappa shape index (κ2) is 10.8. The fraction of sp³-hybridized carbons (Fsp3) is 0.345. The van der Waals surface area contributed by atoms with E-state index in [9.17, 15) is 4.79 Å². The molecular formula is C29H34BrN5O. The van der Waals surface area contributed by atoms with Crippen molar-refractivity contribution in [1.82, 2.24) is 14.2 Å². The molecule has 0 aliphatic heterocycles. The van der Waals surface area contributed by atoms with Crippen molar-refractivity contribution in [2.75, 3.05) is 18.0 Å². The summed E-state index contributed by atoms with van der Waals surface area (Å²) in [7, 11) is 0. The van der Waals surface area contributed by atoms with Crippen LogP contribution in [0.25, 0.3) is 16.6 Å². The second-order valence-electron chi connectivity index (χ2n) is 9.15. The summed E-state index contributed by atoms with van der Waals surface area (Å²) in [5, 5.41) is 5.22. The fourth-order valence-corrected chi connectivity index (χ4v) is 4.98. The summed E-state index contributed by atoms with van der Waals surface area (Å²) in [6, 6.07) is 16.4. The topological polar surface area (TPSA) is 55.4 Å². The van der Waals surface area contributed by atoms with Gasteiger partial charge in [-0.1, -0.05) is 29.8 Å². The van der Waals surface area contributed by atoms with Gasteiger partial charge in [-0.25, -0.2) is 4.98 Å². The maximum absolute atomic E-state index is 13.4. The van der Waals surface area contributed by atoms with Gasteiger partial charge in [0.2, 0.25) is 0 Å². The molecule has 0 amide bonds. The maximum atomic E-state index is 13.4. The van der Waals surface area contributed by atoms with Gasteiger partial charge >= 0.3 is 0 Å². The van der Waals surface area contributed by atoms with Crippen LogP contribution in [0.3, 0.4) is 0 Å². The standard InChI is InChI=1S/C29H34BrN5O/c1-7-19(4)28-32-27-15-10-23(30)17-26(27)29(36)35(28)31-18-22-16-20(5)34(21(22)6)25-13-11-24(12-14-25)33(8-2)9-3/h10-19H,7-9H2,1-6H3/t19-/m1/s1. The molecule has 2 heterocycles. The van der Waals surface area contributed by atoms with Crippen LogP contribution in [-0.2, 0) is 0 Å². The van der Waals surface area contributed by atoms with E-state index in [0.717, 1.165) is 46.6 Å². The summed E-state index contributed by atoms with van der Waals surface area (Å²) >= 11 is 3.47. The number of hydrogen-bond acceptors (Lipinski definition) is 4. The zero-order chi connectivity index (χ0) is 26.0. The van der Waals surface area contributed by atoms with Crippen LogP contribution >= 0.6 is 15.9 Å². The molecule has 0 aliphatic carbocycles. The van der Waals surface area contributed by atoms with Gasteiger partial charge < -0.3 is 9.47 Å². The highest BCUT2D eigenvalue weighted by molar-refractivity contribution is 9.10. The molecule has 1 atom stereocenters. The molecule has 0 saturated heterocycles. The summed E-state index contributed by atoms with van der Waals surface area (Å²) in [4.78, 5) is 20.6. The van der Waals surface area contributed by atoms with Crippen LogP contribution in [0, 0.1) is 13.8 Å². The molecule has 0 bridgehead atoms. The van der Waals surface area contributed by atoms with E-state index < -0.39 is 0 Å². The Morgan fingerprint density at radius 2 is 1.75 bits per heavy atom. The maximum Gasteiger partial charge on any atom is 0.282 e. The minimum atomic E-state index is -0.159. The predicted molar refractivity (Wildman–Crippen MR) is 154 cm³/mol. The lowest BCUT2D eigenvalue weighted by Crippen LogP contribution is -2.23. The SMILES string of the molecule is CC[C@@H](C)c1nc2ccc(Br)cc2c(=O)n1N=Cc1cc(C)n(-c2ccc(N(CC)CC)cc2)c1C. The Morgan fingerprint density at radius 3 is 2.39 bits per heavy atom. The van der Waals surface area contributed by atoms with Gasteiger partial charge in [0, 0.05) is 51.8 Å². The minimum absolute atomic E-state index is 0.0969. The van der Waals surface area contributed by atoms with Crippen LogP contribution in [0.15, 0.2) is 62.9 Å². The van der Waals surface area contributed by atoms with E-state index in [1.165, 1.54) is 10.4 Å². The average molecular weight is 549 g/mol. The molecule has 0 saturated carbocycles. The van der Waals surface area contributed by atoms with E-state index in [-0.39, 0.29) is 11.5 Å². The zero-order valence-corrected chi connectivity index (χ0v) is 23.5. The van der Waals surface area contributed by atoms with E-state index in [1.54, 1.807) is 6.21 Å². The summed E-state index contributed by atoms with van der Waals surface area (Å²) in [5.41, 5.74) is 6.01. The number of hydrogen-bond donors (Lipinski definition) is 0. The third-order valence-electron chi connectivity index (χ3n) is 6.91. The molecule has 0 aliphatic rings. The summed E-state index contributed by atoms with van der Waals surface area (Å²) in [6.45, 7) is 14.7. The first kappa shape index (κ1) is 25.9. The van der Waals surface area contributed by atoms with Gasteiger partial charge in [0.1, 0.15) is 5.82 Å². The molecule has 188 valence electrons. The van der Waals surface area contributed by atoms with Crippen LogP contribution in [-0.4, -0.2) is 33.5 Å². The molecule has 0 radical (unpaired) electrons. The Balaban J connectivity index is 1.76. The largest absolute Gasteiger partial charge is 0.372 e. The number of anilines is 1. The average Bonchev–Trinajstić information content (AvgIpc) is 3.17. The number of benzene rings is 2. The Hall–Kier alpha value is -3.19. The lowest BCUT2D eigenvalue weighted by molar-refractivity contribution is 0.613. The molecule has 7 heteroatoms. The molecule has 2 aromatic carbocycles. The predicted octanol–water partition coefficient (Wildman–Crippen LogP) is 6.81. The lowest BCUT2D eigenvalue weighted by atomic mass is 10.1. The van der Waals surface area contributed by atoms with E-state index in [2.05, 4.69) is 102 Å². The molecule has 36 heavy (non-hydrogen) atoms. The van der Waals surface area contributed by atoms with Crippen molar-refractivity contribution in [3.8, 4) is 5.69 Å². The number of aryl methyl sites for hydroxylation is 1. The first-order valence-electron chi connectivity index (χ1n) is 12.6. The molecule has 0 unspecified atom stereocenters. The monoisotopic (exact) mass is 547 g/mol. The highest BCUT2D eigenvalue weighted by atomic mass is 79.9. The first-order valence-corrected chi connectivity index (χ1v) is 13.4. The number of halogens is 1. The third kappa shape index (κ3) is 4.89. The van der Waals surface area contributed by atoms with Crippen molar-refractivity contribution in [2.45, 2.75) is 53.9 Å². The lowest BCUT2D eigenvalue weighted by Gasteiger charge is -2.21. The van der Waals surface area contributed by atoms with E-state index in [4.69, 9.17) is 4.98 Å². The molecule has 0 N–H and O–H groups in total. The van der Waals surface area contributed by atoms with Crippen molar-refractivity contribution in [3.63, 3.8) is 0 Å². The van der Waals surface area contributed by atoms with Crippen molar-refractivity contribution >= 4 is 38.7 Å². The minimum Gasteiger partial charge on any atom is -0.372 e. The molecule has 4 rings (SSSR count). The van der Waals surface area contributed by atoms with Crippen LogP contribution in [0.2, 0.25) is 0 Å². The van der Waals surface area contributed by atoms with Crippen LogP contribution < -0.4 is 10.5 Å². The summed E-state index contributed by atoms with van der Waals surface area (Å²) in [5.74, 6) is 0.772. The van der Waals surface area contributed by atoms with Gasteiger partial charge in [0.25, 0.3) is 5.56 Å². The smallest absolute Gasteiger partial charge is 0.282 e. The highest BCUT2D eigenvalue weighted by Gasteiger charge is 2.16. The number of rotatable bonds is 8. The first-order chi connectivity index (χ1) is 17.3. The van der Waals surface area contributed by atoms with Gasteiger partial charge in [-0.05, 0) is 82.6 Å². The highest BCUT2D eigenvalue weighted by Crippen LogP contribution is 2.24. The molecule has 4 aromatic rings. The van der Waals surface area contributed by atoms with E-state index in [1.807, 2.05) is 18.2 Å². The molecule has 0 spiro atoms. The Kier molecular flexibility index (Phi) is 7.79. The number of nitrogens with zero attached hydrogens (tertiary/aromatic N) is 5. The van der Waals surface area contributed by atoms with Crippen molar-refractivity contribution in [2.24, 2.45) is 5.10 Å². The number of fused-ring (bicyclic) bond motifs is 1. The summed E-state index contributed by atoms with van der Waals surface area (Å²) < 4.78 is 4.53. The van der Waals surface area contributed by atoms with Crippen molar-refractivity contribution in [1.29, 1.82) is 0 Å². The zero-order valence-electron chi connectivity index (χ0n) is 21.9. The van der Waals surface area contributed by atoms with Gasteiger partial charge in [0.05, 0.1) is 17.1 Å². The molecule has 0 fully saturated rings. The molecule has 2 aromatic heterocycles. The quantitative estimate of drug-likeness (QED) is 0.228. The fourth-order valence-electron chi connectivity index (χ4n) is 4.62. The van der Waals surface area contributed by atoms with Gasteiger partial charge in [-0.2, -0.15) is 9.78 Å². The van der Waals surface area contributed by atoms with Crippen molar-refractivity contribution in [3.05, 3.63) is 86.1 Å². The van der Waals surface area contributed by atoms with Crippen molar-refractivity contribution < 1.29 is 0 Å². The van der Waals surface area contributed by atoms with Crippen LogP contribution in [0.5, 0.6) is 0 Å². The Labute approximate surface area is 221 Å².